The largest absolute Gasteiger partial charge is 0.479 e. The summed E-state index contributed by atoms with van der Waals surface area (Å²) >= 11 is 0. The smallest absolute Gasteiger partial charge is 0.239 e. The summed E-state index contributed by atoms with van der Waals surface area (Å²) in [6, 6.07) is 2.53. The number of ether oxygens (including phenoxy) is 1. The van der Waals surface area contributed by atoms with Crippen LogP contribution in [0.1, 0.15) is 33.1 Å². The highest BCUT2D eigenvalue weighted by Gasteiger charge is 2.31. The first kappa shape index (κ1) is 14.0. The van der Waals surface area contributed by atoms with Crippen LogP contribution in [0, 0.1) is 5.41 Å². The van der Waals surface area contributed by atoms with Crippen LogP contribution in [0.2, 0.25) is 0 Å². The summed E-state index contributed by atoms with van der Waals surface area (Å²) in [6.45, 7) is 4.67. The zero-order valence-electron chi connectivity index (χ0n) is 12.7. The zero-order chi connectivity index (χ0) is 14.0. The lowest BCUT2D eigenvalue weighted by atomic mass is 9.92. The standard InChI is InChI=1S/C15H25N3O/c1-15(2)8-6-11(10-15)17-13-12(18(3)4)7-9-16-14(13)19-5/h7,9,11,17H,6,8,10H2,1-5H3. The lowest BCUT2D eigenvalue weighted by Crippen LogP contribution is -2.21. The molecule has 19 heavy (non-hydrogen) atoms. The van der Waals surface area contributed by atoms with Crippen LogP contribution in [-0.2, 0) is 0 Å². The molecule has 0 saturated heterocycles. The molecule has 1 aromatic rings. The van der Waals surface area contributed by atoms with E-state index in [1.807, 2.05) is 20.2 Å². The highest BCUT2D eigenvalue weighted by molar-refractivity contribution is 5.74. The fourth-order valence-corrected chi connectivity index (χ4v) is 2.86. The van der Waals surface area contributed by atoms with Gasteiger partial charge in [-0.2, -0.15) is 0 Å². The van der Waals surface area contributed by atoms with Gasteiger partial charge in [0.15, 0.2) is 0 Å². The molecule has 1 aliphatic rings. The maximum absolute atomic E-state index is 5.40. The molecular weight excluding hydrogens is 238 g/mol. The molecular formula is C15H25N3O. The summed E-state index contributed by atoms with van der Waals surface area (Å²) in [7, 11) is 5.75. The van der Waals surface area contributed by atoms with E-state index in [1.165, 1.54) is 19.3 Å². The van der Waals surface area contributed by atoms with Crippen molar-refractivity contribution in [2.75, 3.05) is 31.4 Å². The molecule has 0 aliphatic heterocycles. The van der Waals surface area contributed by atoms with E-state index in [0.29, 0.717) is 17.3 Å². The van der Waals surface area contributed by atoms with E-state index in [1.54, 1.807) is 13.3 Å². The van der Waals surface area contributed by atoms with Gasteiger partial charge < -0.3 is 15.0 Å². The highest BCUT2D eigenvalue weighted by atomic mass is 16.5. The van der Waals surface area contributed by atoms with E-state index in [4.69, 9.17) is 4.74 Å². The number of nitrogens with one attached hydrogen (secondary N) is 1. The molecule has 0 amide bonds. The molecule has 1 heterocycles. The third-order valence-electron chi connectivity index (χ3n) is 3.89. The van der Waals surface area contributed by atoms with Crippen molar-refractivity contribution in [3.8, 4) is 5.88 Å². The monoisotopic (exact) mass is 263 g/mol. The molecule has 1 atom stereocenters. The highest BCUT2D eigenvalue weighted by Crippen LogP contribution is 2.41. The van der Waals surface area contributed by atoms with Crippen LogP contribution < -0.4 is 15.0 Å². The Kier molecular flexibility index (Phi) is 3.88. The van der Waals surface area contributed by atoms with Crippen LogP contribution in [-0.4, -0.2) is 32.2 Å². The van der Waals surface area contributed by atoms with Crippen molar-refractivity contribution < 1.29 is 4.74 Å². The lowest BCUT2D eigenvalue weighted by molar-refractivity contribution is 0.377. The minimum Gasteiger partial charge on any atom is -0.479 e. The first-order valence-electron chi connectivity index (χ1n) is 6.90. The van der Waals surface area contributed by atoms with E-state index in [9.17, 15) is 0 Å². The number of methoxy groups -OCH3 is 1. The molecule has 1 unspecified atom stereocenters. The third kappa shape index (κ3) is 3.11. The van der Waals surface area contributed by atoms with Crippen molar-refractivity contribution in [3.63, 3.8) is 0 Å². The summed E-state index contributed by atoms with van der Waals surface area (Å²) in [5.41, 5.74) is 2.57. The van der Waals surface area contributed by atoms with Crippen LogP contribution in [0.3, 0.4) is 0 Å². The van der Waals surface area contributed by atoms with Crippen LogP contribution in [0.25, 0.3) is 0 Å². The van der Waals surface area contributed by atoms with E-state index >= 15 is 0 Å². The van der Waals surface area contributed by atoms with Gasteiger partial charge in [0.1, 0.15) is 5.69 Å². The number of nitrogens with zero attached hydrogens (tertiary/aromatic N) is 2. The van der Waals surface area contributed by atoms with Gasteiger partial charge in [-0.05, 0) is 30.7 Å². The second-order valence-corrected chi connectivity index (χ2v) is 6.36. The van der Waals surface area contributed by atoms with Gasteiger partial charge in [-0.1, -0.05) is 13.8 Å². The summed E-state index contributed by atoms with van der Waals surface area (Å²) < 4.78 is 5.40. The average molecular weight is 263 g/mol. The Morgan fingerprint density at radius 3 is 2.68 bits per heavy atom. The van der Waals surface area contributed by atoms with Crippen LogP contribution in [0.4, 0.5) is 11.4 Å². The predicted molar refractivity (Wildman–Crippen MR) is 80.2 cm³/mol. The van der Waals surface area contributed by atoms with Gasteiger partial charge in [0.2, 0.25) is 5.88 Å². The fourth-order valence-electron chi connectivity index (χ4n) is 2.86. The summed E-state index contributed by atoms with van der Waals surface area (Å²) in [4.78, 5) is 6.40. The Morgan fingerprint density at radius 1 is 1.42 bits per heavy atom. The van der Waals surface area contributed by atoms with E-state index in [0.717, 1.165) is 11.4 Å². The predicted octanol–water partition coefficient (Wildman–Crippen LogP) is 3.15. The molecule has 1 aliphatic carbocycles. The first-order valence-corrected chi connectivity index (χ1v) is 6.90. The normalized spacial score (nSPS) is 21.2. The third-order valence-corrected chi connectivity index (χ3v) is 3.89. The quantitative estimate of drug-likeness (QED) is 0.905. The molecule has 4 nitrogen and oxygen atoms in total. The van der Waals surface area contributed by atoms with Crippen molar-refractivity contribution in [1.29, 1.82) is 0 Å². The van der Waals surface area contributed by atoms with Crippen molar-refractivity contribution >= 4 is 11.4 Å². The van der Waals surface area contributed by atoms with E-state index < -0.39 is 0 Å². The lowest BCUT2D eigenvalue weighted by Gasteiger charge is -2.24. The van der Waals surface area contributed by atoms with E-state index in [-0.39, 0.29) is 0 Å². The molecule has 1 aromatic heterocycles. The van der Waals surface area contributed by atoms with Crippen molar-refractivity contribution in [2.45, 2.75) is 39.2 Å². The topological polar surface area (TPSA) is 37.4 Å². The Labute approximate surface area is 116 Å². The summed E-state index contributed by atoms with van der Waals surface area (Å²) in [6.07, 6.45) is 5.46. The molecule has 0 spiro atoms. The molecule has 1 fully saturated rings. The Bertz CT molecular complexity index is 443. The number of pyridine rings is 1. The van der Waals surface area contributed by atoms with Gasteiger partial charge in [-0.15, -0.1) is 0 Å². The van der Waals surface area contributed by atoms with Crippen molar-refractivity contribution in [2.24, 2.45) is 5.41 Å². The Morgan fingerprint density at radius 2 is 2.16 bits per heavy atom. The number of hydrogen-bond acceptors (Lipinski definition) is 4. The van der Waals surface area contributed by atoms with Gasteiger partial charge in [-0.25, -0.2) is 4.98 Å². The SMILES string of the molecule is COc1nccc(N(C)C)c1NC1CCC(C)(C)C1. The molecule has 4 heteroatoms. The number of hydrogen-bond donors (Lipinski definition) is 1. The Balaban J connectivity index is 2.23. The second-order valence-electron chi connectivity index (χ2n) is 6.36. The molecule has 106 valence electrons. The van der Waals surface area contributed by atoms with Gasteiger partial charge in [0.25, 0.3) is 0 Å². The number of anilines is 2. The molecule has 1 saturated carbocycles. The zero-order valence-corrected chi connectivity index (χ0v) is 12.7. The number of aromatic nitrogens is 1. The Hall–Kier alpha value is -1.45. The molecule has 0 aromatic carbocycles. The molecule has 0 bridgehead atoms. The minimum absolute atomic E-state index is 0.436. The van der Waals surface area contributed by atoms with Gasteiger partial charge in [0.05, 0.1) is 12.8 Å². The first-order chi connectivity index (χ1) is 8.93. The van der Waals surface area contributed by atoms with E-state index in [2.05, 4.69) is 29.0 Å². The second kappa shape index (κ2) is 5.27. The maximum Gasteiger partial charge on any atom is 0.239 e. The van der Waals surface area contributed by atoms with Crippen LogP contribution in [0.15, 0.2) is 12.3 Å². The van der Waals surface area contributed by atoms with Gasteiger partial charge in [-0.3, -0.25) is 0 Å². The maximum atomic E-state index is 5.40. The van der Waals surface area contributed by atoms with Crippen LogP contribution >= 0.6 is 0 Å². The summed E-state index contributed by atoms with van der Waals surface area (Å²) in [5.74, 6) is 0.677. The van der Waals surface area contributed by atoms with Crippen LogP contribution in [0.5, 0.6) is 5.88 Å². The minimum atomic E-state index is 0.436. The number of rotatable bonds is 4. The molecule has 2 rings (SSSR count). The van der Waals surface area contributed by atoms with Gasteiger partial charge in [0, 0.05) is 26.3 Å². The fraction of sp³-hybridized carbons (Fsp3) is 0.667. The molecule has 0 radical (unpaired) electrons. The average Bonchev–Trinajstić information content (AvgIpc) is 2.68. The van der Waals surface area contributed by atoms with Gasteiger partial charge >= 0.3 is 0 Å². The van der Waals surface area contributed by atoms with Crippen molar-refractivity contribution in [1.82, 2.24) is 4.98 Å². The van der Waals surface area contributed by atoms with Crippen molar-refractivity contribution in [3.05, 3.63) is 12.3 Å². The summed E-state index contributed by atoms with van der Waals surface area (Å²) in [5, 5.41) is 3.64. The molecule has 1 N–H and O–H groups in total.